The second-order valence-electron chi connectivity index (χ2n) is 4.31. The first kappa shape index (κ1) is 8.93. The van der Waals surface area contributed by atoms with Gasteiger partial charge in [-0.05, 0) is 13.8 Å². The normalized spacial score (nSPS) is 53.0. The first-order valence-electron chi connectivity index (χ1n) is 4.61. The minimum absolute atomic E-state index is 0.344. The molecule has 0 aromatic heterocycles. The van der Waals surface area contributed by atoms with Crippen molar-refractivity contribution in [3.8, 4) is 0 Å². The third-order valence-electron chi connectivity index (χ3n) is 2.67. The van der Waals surface area contributed by atoms with Crippen molar-refractivity contribution in [2.24, 2.45) is 0 Å². The van der Waals surface area contributed by atoms with Gasteiger partial charge in [-0.2, -0.15) is 0 Å². The zero-order chi connectivity index (χ0) is 8.93. The zero-order valence-electron chi connectivity index (χ0n) is 8.13. The molecule has 2 rings (SSSR count). The minimum atomic E-state index is -0.344. The Balaban J connectivity index is 2.15. The number of rotatable bonds is 0. The highest BCUT2D eigenvalue weighted by Crippen LogP contribution is 2.48. The molecule has 0 aliphatic carbocycles. The molecular formula is C9H17O2P. The number of ether oxygens (including phenoxy) is 2. The molecule has 0 radical (unpaired) electrons. The quantitative estimate of drug-likeness (QED) is 0.541. The second kappa shape index (κ2) is 2.67. The van der Waals surface area contributed by atoms with E-state index in [0.29, 0.717) is 23.5 Å². The molecule has 0 aromatic carbocycles. The monoisotopic (exact) mass is 188 g/mol. The van der Waals surface area contributed by atoms with Crippen LogP contribution in [0, 0.1) is 0 Å². The largest absolute Gasteiger partial charge is 0.344 e. The van der Waals surface area contributed by atoms with Crippen LogP contribution in [0.25, 0.3) is 0 Å². The maximum absolute atomic E-state index is 5.84. The molecule has 0 saturated carbocycles. The highest BCUT2D eigenvalue weighted by molar-refractivity contribution is 7.40. The first-order valence-corrected chi connectivity index (χ1v) is 5.77. The first-order chi connectivity index (χ1) is 5.49. The molecule has 2 heterocycles. The number of hydrogen-bond acceptors (Lipinski definition) is 2. The summed E-state index contributed by atoms with van der Waals surface area (Å²) in [4.78, 5) is 0. The molecule has 2 aliphatic heterocycles. The Morgan fingerprint density at radius 1 is 1.00 bits per heavy atom. The smallest absolute Gasteiger partial charge is 0.163 e. The summed E-state index contributed by atoms with van der Waals surface area (Å²) in [7, 11) is 1.00. The molecule has 70 valence electrons. The van der Waals surface area contributed by atoms with Gasteiger partial charge in [0.25, 0.3) is 0 Å². The lowest BCUT2D eigenvalue weighted by Gasteiger charge is -2.21. The van der Waals surface area contributed by atoms with Crippen LogP contribution in [0.2, 0.25) is 0 Å². The minimum Gasteiger partial charge on any atom is -0.344 e. The lowest BCUT2D eigenvalue weighted by Crippen LogP contribution is -2.27. The van der Waals surface area contributed by atoms with Crippen LogP contribution in [0.4, 0.5) is 0 Å². The molecule has 0 bridgehead atoms. The molecule has 0 spiro atoms. The van der Waals surface area contributed by atoms with E-state index in [-0.39, 0.29) is 5.79 Å². The Kier molecular flexibility index (Phi) is 1.98. The standard InChI is InChI=1S/C9H17O2P/c1-5-7-8(6(2)12-5)11-9(3,4)10-7/h5-8,12H,1-4H3/t5-,6-,7+,8?/m0/s1. The average Bonchev–Trinajstić information content (AvgIpc) is 2.34. The molecule has 2 aliphatic rings. The number of fused-ring (bicyclic) bond motifs is 1. The fraction of sp³-hybridized carbons (Fsp3) is 1.00. The Morgan fingerprint density at radius 2 is 1.42 bits per heavy atom. The van der Waals surface area contributed by atoms with Gasteiger partial charge in [0.2, 0.25) is 0 Å². The molecule has 0 aromatic rings. The van der Waals surface area contributed by atoms with Gasteiger partial charge in [-0.15, -0.1) is 8.58 Å². The van der Waals surface area contributed by atoms with Crippen molar-refractivity contribution in [3.05, 3.63) is 0 Å². The highest BCUT2D eigenvalue weighted by Gasteiger charge is 2.50. The van der Waals surface area contributed by atoms with Gasteiger partial charge in [0, 0.05) is 11.3 Å². The van der Waals surface area contributed by atoms with Crippen molar-refractivity contribution in [2.45, 2.75) is 57.0 Å². The molecule has 2 fully saturated rings. The van der Waals surface area contributed by atoms with Gasteiger partial charge in [-0.3, -0.25) is 0 Å². The Hall–Kier alpha value is 0.350. The van der Waals surface area contributed by atoms with Crippen molar-refractivity contribution in [1.82, 2.24) is 0 Å². The molecule has 2 unspecified atom stereocenters. The molecule has 12 heavy (non-hydrogen) atoms. The van der Waals surface area contributed by atoms with Crippen molar-refractivity contribution >= 4 is 8.58 Å². The van der Waals surface area contributed by atoms with E-state index >= 15 is 0 Å². The van der Waals surface area contributed by atoms with Gasteiger partial charge >= 0.3 is 0 Å². The topological polar surface area (TPSA) is 18.5 Å². The maximum atomic E-state index is 5.84. The van der Waals surface area contributed by atoms with Crippen molar-refractivity contribution < 1.29 is 9.47 Å². The predicted molar refractivity (Wildman–Crippen MR) is 51.1 cm³/mol. The van der Waals surface area contributed by atoms with Crippen LogP contribution in [-0.2, 0) is 9.47 Å². The van der Waals surface area contributed by atoms with Crippen LogP contribution in [0.1, 0.15) is 27.7 Å². The van der Waals surface area contributed by atoms with Gasteiger partial charge in [0.15, 0.2) is 5.79 Å². The molecule has 3 heteroatoms. The van der Waals surface area contributed by atoms with E-state index in [1.807, 2.05) is 13.8 Å². The third kappa shape index (κ3) is 1.30. The molecule has 5 atom stereocenters. The van der Waals surface area contributed by atoms with E-state index in [1.165, 1.54) is 0 Å². The Morgan fingerprint density at radius 3 is 1.83 bits per heavy atom. The van der Waals surface area contributed by atoms with Gasteiger partial charge < -0.3 is 9.47 Å². The highest BCUT2D eigenvalue weighted by atomic mass is 31.1. The van der Waals surface area contributed by atoms with Gasteiger partial charge in [0.1, 0.15) is 0 Å². The fourth-order valence-corrected chi connectivity index (χ4v) is 3.92. The van der Waals surface area contributed by atoms with Crippen molar-refractivity contribution in [2.75, 3.05) is 0 Å². The molecule has 2 saturated heterocycles. The maximum Gasteiger partial charge on any atom is 0.163 e. The van der Waals surface area contributed by atoms with E-state index in [0.717, 1.165) is 8.58 Å². The summed E-state index contributed by atoms with van der Waals surface area (Å²) in [6, 6.07) is 0. The van der Waals surface area contributed by atoms with Gasteiger partial charge in [-0.25, -0.2) is 0 Å². The van der Waals surface area contributed by atoms with E-state index in [1.54, 1.807) is 0 Å². The van der Waals surface area contributed by atoms with E-state index in [9.17, 15) is 0 Å². The second-order valence-corrected chi connectivity index (χ2v) is 6.46. The summed E-state index contributed by atoms with van der Waals surface area (Å²) in [5.74, 6) is -0.344. The molecule has 0 N–H and O–H groups in total. The van der Waals surface area contributed by atoms with Crippen LogP contribution in [0.15, 0.2) is 0 Å². The van der Waals surface area contributed by atoms with Crippen LogP contribution >= 0.6 is 8.58 Å². The van der Waals surface area contributed by atoms with E-state index in [4.69, 9.17) is 9.47 Å². The third-order valence-corrected chi connectivity index (χ3v) is 4.38. The lowest BCUT2D eigenvalue weighted by atomic mass is 10.1. The van der Waals surface area contributed by atoms with Crippen LogP contribution in [0.5, 0.6) is 0 Å². The average molecular weight is 188 g/mol. The van der Waals surface area contributed by atoms with Gasteiger partial charge in [0.05, 0.1) is 12.2 Å². The summed E-state index contributed by atoms with van der Waals surface area (Å²) in [6.45, 7) is 8.55. The summed E-state index contributed by atoms with van der Waals surface area (Å²) < 4.78 is 11.7. The molecule has 0 amide bonds. The van der Waals surface area contributed by atoms with Crippen LogP contribution in [-0.4, -0.2) is 29.3 Å². The Labute approximate surface area is 75.8 Å². The molecule has 2 nitrogen and oxygen atoms in total. The SMILES string of the molecule is C[C@@H]1P[C@@H](C)[C@H]2OC(C)(C)OC12. The Bertz CT molecular complexity index is 175. The fourth-order valence-electron chi connectivity index (χ4n) is 2.19. The van der Waals surface area contributed by atoms with Crippen molar-refractivity contribution in [1.29, 1.82) is 0 Å². The van der Waals surface area contributed by atoms with Crippen LogP contribution < -0.4 is 0 Å². The summed E-state index contributed by atoms with van der Waals surface area (Å²) in [5, 5.41) is 0. The zero-order valence-corrected chi connectivity index (χ0v) is 9.13. The van der Waals surface area contributed by atoms with E-state index < -0.39 is 0 Å². The van der Waals surface area contributed by atoms with E-state index in [2.05, 4.69) is 13.8 Å². The summed E-state index contributed by atoms with van der Waals surface area (Å²) >= 11 is 0. The summed E-state index contributed by atoms with van der Waals surface area (Å²) in [5.41, 5.74) is 1.37. The molecular weight excluding hydrogens is 171 g/mol. The van der Waals surface area contributed by atoms with Crippen molar-refractivity contribution in [3.63, 3.8) is 0 Å². The summed E-state index contributed by atoms with van der Waals surface area (Å²) in [6.07, 6.45) is 0.710. The van der Waals surface area contributed by atoms with Crippen LogP contribution in [0.3, 0.4) is 0 Å². The lowest BCUT2D eigenvalue weighted by molar-refractivity contribution is -0.147. The van der Waals surface area contributed by atoms with Gasteiger partial charge in [-0.1, -0.05) is 13.8 Å². The number of hydrogen-bond donors (Lipinski definition) is 0. The predicted octanol–water partition coefficient (Wildman–Crippen LogP) is 1.98.